The first-order valence-electron chi connectivity index (χ1n) is 8.79. The lowest BCUT2D eigenvalue weighted by Gasteiger charge is -2.31. The predicted octanol–water partition coefficient (Wildman–Crippen LogP) is 8.13. The van der Waals surface area contributed by atoms with Gasteiger partial charge in [0.2, 0.25) is 5.05 Å². The third-order valence-electron chi connectivity index (χ3n) is 4.31. The summed E-state index contributed by atoms with van der Waals surface area (Å²) in [5.41, 5.74) is -1.89. The summed E-state index contributed by atoms with van der Waals surface area (Å²) in [6.45, 7) is 3.81. The Morgan fingerprint density at radius 3 is 2.34 bits per heavy atom. The highest BCUT2D eigenvalue weighted by molar-refractivity contribution is 9.10. The lowest BCUT2D eigenvalue weighted by atomic mass is 9.95. The topological polar surface area (TPSA) is 38.7 Å². The number of aliphatic hydroxyl groups is 1. The van der Waals surface area contributed by atoms with Gasteiger partial charge in [0.1, 0.15) is 17.2 Å². The Bertz CT molecular complexity index is 892. The van der Waals surface area contributed by atoms with Gasteiger partial charge < -0.3 is 14.6 Å². The van der Waals surface area contributed by atoms with Crippen molar-refractivity contribution in [2.45, 2.75) is 44.9 Å². The molecule has 2 aromatic rings. The van der Waals surface area contributed by atoms with Gasteiger partial charge in [-0.3, -0.25) is 0 Å². The molecule has 0 aliphatic rings. The van der Waals surface area contributed by atoms with Gasteiger partial charge >= 0.3 is 6.18 Å². The van der Waals surface area contributed by atoms with Crippen molar-refractivity contribution in [1.82, 2.24) is 0 Å². The quantitative estimate of drug-likeness (QED) is 0.363. The molecule has 0 bridgehead atoms. The zero-order chi connectivity index (χ0) is 21.8. The molecule has 0 radical (unpaired) electrons. The molecule has 3 nitrogen and oxygen atoms in total. The minimum absolute atomic E-state index is 0.0703. The van der Waals surface area contributed by atoms with E-state index in [0.717, 1.165) is 24.6 Å². The van der Waals surface area contributed by atoms with E-state index in [1.807, 2.05) is 13.8 Å². The summed E-state index contributed by atoms with van der Waals surface area (Å²) in [5.74, 6) is 0.744. The van der Waals surface area contributed by atoms with Crippen LogP contribution < -0.4 is 9.47 Å². The highest BCUT2D eigenvalue weighted by Crippen LogP contribution is 2.39. The SMILES string of the molecule is CCCC(CC)(Oc1cc(Oc2ccc(C(F)(F)F)cc2Cl)ccc1Br)C(O)=S. The van der Waals surface area contributed by atoms with Gasteiger partial charge in [-0.1, -0.05) is 31.9 Å². The molecular formula is C20H19BrClF3O3S. The molecule has 29 heavy (non-hydrogen) atoms. The summed E-state index contributed by atoms with van der Waals surface area (Å²) in [5, 5.41) is 9.61. The van der Waals surface area contributed by atoms with Crippen LogP contribution in [0.2, 0.25) is 5.02 Å². The van der Waals surface area contributed by atoms with Crippen LogP contribution in [0.3, 0.4) is 0 Å². The number of halogens is 5. The van der Waals surface area contributed by atoms with E-state index >= 15 is 0 Å². The van der Waals surface area contributed by atoms with E-state index in [2.05, 4.69) is 15.9 Å². The molecule has 0 amide bonds. The maximum absolute atomic E-state index is 12.8. The monoisotopic (exact) mass is 510 g/mol. The summed E-state index contributed by atoms with van der Waals surface area (Å²) in [4.78, 5) is 0. The molecule has 0 aliphatic heterocycles. The lowest BCUT2D eigenvalue weighted by Crippen LogP contribution is -2.43. The normalized spacial score (nSPS) is 13.6. The summed E-state index contributed by atoms with van der Waals surface area (Å²) in [6, 6.07) is 7.68. The van der Waals surface area contributed by atoms with E-state index in [1.165, 1.54) is 0 Å². The van der Waals surface area contributed by atoms with Gasteiger partial charge in [-0.15, -0.1) is 0 Å². The Kier molecular flexibility index (Phi) is 7.81. The molecule has 1 unspecified atom stereocenters. The van der Waals surface area contributed by atoms with Crippen molar-refractivity contribution in [2.24, 2.45) is 0 Å². The lowest BCUT2D eigenvalue weighted by molar-refractivity contribution is -0.137. The fraction of sp³-hybridized carbons (Fsp3) is 0.350. The van der Waals surface area contributed by atoms with E-state index in [-0.39, 0.29) is 15.8 Å². The zero-order valence-electron chi connectivity index (χ0n) is 15.6. The molecule has 2 rings (SSSR count). The van der Waals surface area contributed by atoms with Gasteiger partial charge in [0, 0.05) is 6.07 Å². The average molecular weight is 512 g/mol. The fourth-order valence-electron chi connectivity index (χ4n) is 2.73. The second kappa shape index (κ2) is 9.53. The molecule has 0 aromatic heterocycles. The number of ether oxygens (including phenoxy) is 2. The van der Waals surface area contributed by atoms with Crippen LogP contribution >= 0.6 is 39.7 Å². The van der Waals surface area contributed by atoms with E-state index in [1.54, 1.807) is 18.2 Å². The standard InChI is InChI=1S/C20H19BrClF3O3S/c1-3-9-19(4-2,18(26)29)28-17-11-13(6-7-14(17)21)27-16-8-5-12(10-15(16)22)20(23,24)25/h5-8,10-11H,3-4,9H2,1-2H3,(H,26,29). The zero-order valence-corrected chi connectivity index (χ0v) is 18.8. The number of benzene rings is 2. The minimum Gasteiger partial charge on any atom is -0.499 e. The largest absolute Gasteiger partial charge is 0.499 e. The summed E-state index contributed by atoms with van der Waals surface area (Å²) >= 11 is 14.3. The molecule has 0 saturated carbocycles. The van der Waals surface area contributed by atoms with Crippen molar-refractivity contribution < 1.29 is 27.8 Å². The van der Waals surface area contributed by atoms with Crippen molar-refractivity contribution in [3.63, 3.8) is 0 Å². The number of hydrogen-bond donors (Lipinski definition) is 1. The van der Waals surface area contributed by atoms with E-state index in [4.69, 9.17) is 33.3 Å². The van der Waals surface area contributed by atoms with Crippen LogP contribution in [0.15, 0.2) is 40.9 Å². The minimum atomic E-state index is -4.49. The fourth-order valence-corrected chi connectivity index (χ4v) is 3.56. The van der Waals surface area contributed by atoms with Crippen LogP contribution in [-0.2, 0) is 6.18 Å². The Morgan fingerprint density at radius 2 is 1.83 bits per heavy atom. The third kappa shape index (κ3) is 5.77. The van der Waals surface area contributed by atoms with Gasteiger partial charge in [-0.2, -0.15) is 13.2 Å². The smallest absolute Gasteiger partial charge is 0.416 e. The van der Waals surface area contributed by atoms with Crippen LogP contribution in [0.4, 0.5) is 13.2 Å². The molecule has 9 heteroatoms. The molecule has 158 valence electrons. The third-order valence-corrected chi connectivity index (χ3v) is 5.63. The summed E-state index contributed by atoms with van der Waals surface area (Å²) in [7, 11) is 0. The Labute approximate surface area is 185 Å². The first kappa shape index (κ1) is 23.8. The van der Waals surface area contributed by atoms with Crippen LogP contribution in [-0.4, -0.2) is 15.8 Å². The van der Waals surface area contributed by atoms with Crippen molar-refractivity contribution in [3.05, 3.63) is 51.5 Å². The van der Waals surface area contributed by atoms with E-state index < -0.39 is 17.3 Å². The molecule has 2 aromatic carbocycles. The molecule has 1 atom stereocenters. The summed E-state index contributed by atoms with van der Waals surface area (Å²) in [6.07, 6.45) is -2.78. The van der Waals surface area contributed by atoms with Gasteiger partial charge in [-0.25, -0.2) is 0 Å². The molecule has 0 aliphatic carbocycles. The van der Waals surface area contributed by atoms with Crippen molar-refractivity contribution >= 4 is 44.8 Å². The van der Waals surface area contributed by atoms with Crippen LogP contribution in [0.1, 0.15) is 38.7 Å². The van der Waals surface area contributed by atoms with Gasteiger partial charge in [0.25, 0.3) is 0 Å². The maximum Gasteiger partial charge on any atom is 0.416 e. The maximum atomic E-state index is 12.8. The molecule has 1 N–H and O–H groups in total. The molecule has 0 saturated heterocycles. The van der Waals surface area contributed by atoms with Crippen molar-refractivity contribution in [2.75, 3.05) is 0 Å². The van der Waals surface area contributed by atoms with Crippen molar-refractivity contribution in [1.29, 1.82) is 0 Å². The Balaban J connectivity index is 2.33. The first-order chi connectivity index (χ1) is 13.5. The number of aliphatic hydroxyl groups excluding tert-OH is 1. The van der Waals surface area contributed by atoms with Crippen LogP contribution in [0.5, 0.6) is 17.2 Å². The number of hydrogen-bond acceptors (Lipinski definition) is 3. The highest BCUT2D eigenvalue weighted by Gasteiger charge is 2.35. The first-order valence-corrected chi connectivity index (χ1v) is 10.4. The molecule has 0 spiro atoms. The average Bonchev–Trinajstić information content (AvgIpc) is 2.64. The molecular weight excluding hydrogens is 493 g/mol. The second-order valence-corrected chi connectivity index (χ2v) is 7.99. The van der Waals surface area contributed by atoms with Crippen LogP contribution in [0, 0.1) is 0 Å². The van der Waals surface area contributed by atoms with Gasteiger partial charge in [0.05, 0.1) is 15.1 Å². The number of thiocarbonyl (C=S) groups is 1. The second-order valence-electron chi connectivity index (χ2n) is 6.34. The summed E-state index contributed by atoms with van der Waals surface area (Å²) < 4.78 is 50.7. The number of rotatable bonds is 8. The van der Waals surface area contributed by atoms with Crippen LogP contribution in [0.25, 0.3) is 0 Å². The predicted molar refractivity (Wildman–Crippen MR) is 114 cm³/mol. The van der Waals surface area contributed by atoms with Gasteiger partial charge in [0.15, 0.2) is 5.60 Å². The van der Waals surface area contributed by atoms with Gasteiger partial charge in [-0.05, 0) is 71.3 Å². The highest BCUT2D eigenvalue weighted by atomic mass is 79.9. The van der Waals surface area contributed by atoms with E-state index in [9.17, 15) is 18.3 Å². The molecule has 0 heterocycles. The Hall–Kier alpha value is -1.51. The number of alkyl halides is 3. The van der Waals surface area contributed by atoms with Crippen molar-refractivity contribution in [3.8, 4) is 17.2 Å². The Morgan fingerprint density at radius 1 is 1.14 bits per heavy atom. The van der Waals surface area contributed by atoms with E-state index in [0.29, 0.717) is 28.8 Å². The molecule has 0 fully saturated rings.